The lowest BCUT2D eigenvalue weighted by molar-refractivity contribution is -0.115. The fourth-order valence-electron chi connectivity index (χ4n) is 1.81. The summed E-state index contributed by atoms with van der Waals surface area (Å²) in [4.78, 5) is 12.0. The summed E-state index contributed by atoms with van der Waals surface area (Å²) >= 11 is 1.51. The number of nitrogens with one attached hydrogen (secondary N) is 1. The van der Waals surface area contributed by atoms with Crippen molar-refractivity contribution in [3.63, 3.8) is 0 Å². The first-order valence-electron chi connectivity index (χ1n) is 6.77. The van der Waals surface area contributed by atoms with Crippen LogP contribution in [0.4, 0.5) is 5.69 Å². The topological polar surface area (TPSA) is 38.3 Å². The lowest BCUT2D eigenvalue weighted by Gasteiger charge is -2.14. The van der Waals surface area contributed by atoms with Crippen molar-refractivity contribution in [2.24, 2.45) is 0 Å². The Labute approximate surface area is 129 Å². The Morgan fingerprint density at radius 3 is 2.67 bits per heavy atom. The van der Waals surface area contributed by atoms with Crippen molar-refractivity contribution in [1.82, 2.24) is 0 Å². The van der Waals surface area contributed by atoms with Gasteiger partial charge in [0.15, 0.2) is 5.75 Å². The van der Waals surface area contributed by atoms with Gasteiger partial charge in [0.1, 0.15) is 5.75 Å². The highest BCUT2D eigenvalue weighted by Gasteiger charge is 2.13. The Balaban J connectivity index is 2.19. The summed E-state index contributed by atoms with van der Waals surface area (Å²) in [5.74, 6) is 1.38. The van der Waals surface area contributed by atoms with Gasteiger partial charge in [0.05, 0.1) is 10.9 Å². The van der Waals surface area contributed by atoms with E-state index in [0.29, 0.717) is 11.4 Å². The predicted molar refractivity (Wildman–Crippen MR) is 89.3 cm³/mol. The van der Waals surface area contributed by atoms with E-state index in [0.717, 1.165) is 11.3 Å². The number of ether oxygens (including phenoxy) is 1. The maximum Gasteiger partial charge on any atom is 0.237 e. The van der Waals surface area contributed by atoms with Gasteiger partial charge in [-0.25, -0.2) is 0 Å². The van der Waals surface area contributed by atoms with Gasteiger partial charge in [0.2, 0.25) is 5.91 Å². The Morgan fingerprint density at radius 2 is 1.95 bits per heavy atom. The molecular weight excluding hydrogens is 282 g/mol. The van der Waals surface area contributed by atoms with Crippen molar-refractivity contribution in [1.29, 1.82) is 0 Å². The molecule has 3 nitrogen and oxygen atoms in total. The Bertz CT molecular complexity index is 628. The second kappa shape index (κ2) is 7.18. The zero-order valence-electron chi connectivity index (χ0n) is 12.4. The lowest BCUT2D eigenvalue weighted by atomic mass is 10.2. The summed E-state index contributed by atoms with van der Waals surface area (Å²) in [7, 11) is 0. The molecule has 1 unspecified atom stereocenters. The molecule has 0 radical (unpaired) electrons. The number of thioether (sulfide) groups is 1. The molecule has 0 saturated carbocycles. The van der Waals surface area contributed by atoms with Gasteiger partial charge in [-0.15, -0.1) is 0 Å². The molecule has 0 fully saturated rings. The number of hydrogen-bond donors (Lipinski definition) is 1. The molecular formula is C17H19NO2S. The summed E-state index contributed by atoms with van der Waals surface area (Å²) in [5, 5.41) is 2.81. The molecule has 0 spiro atoms. The van der Waals surface area contributed by atoms with E-state index in [1.54, 1.807) is 0 Å². The molecule has 0 aliphatic carbocycles. The molecule has 1 atom stereocenters. The standard InChI is InChI=1S/C17H19NO2S/c1-12-7-6-8-14(11-12)20-16-10-5-4-9-15(16)18-17(19)13(2)21-3/h4-11,13H,1-3H3,(H,18,19). The molecule has 0 heterocycles. The van der Waals surface area contributed by atoms with Gasteiger partial charge in [0.25, 0.3) is 0 Å². The Morgan fingerprint density at radius 1 is 1.19 bits per heavy atom. The van der Waals surface area contributed by atoms with Crippen molar-refractivity contribution in [3.05, 3.63) is 54.1 Å². The van der Waals surface area contributed by atoms with Gasteiger partial charge < -0.3 is 10.1 Å². The van der Waals surface area contributed by atoms with E-state index in [2.05, 4.69) is 5.32 Å². The zero-order valence-corrected chi connectivity index (χ0v) is 13.2. The van der Waals surface area contributed by atoms with Gasteiger partial charge in [0, 0.05) is 0 Å². The summed E-state index contributed by atoms with van der Waals surface area (Å²) in [5.41, 5.74) is 1.81. The molecule has 2 rings (SSSR count). The first-order valence-corrected chi connectivity index (χ1v) is 8.06. The van der Waals surface area contributed by atoms with Crippen LogP contribution in [-0.2, 0) is 4.79 Å². The van der Waals surface area contributed by atoms with Crippen LogP contribution >= 0.6 is 11.8 Å². The molecule has 2 aromatic carbocycles. The fourth-order valence-corrected chi connectivity index (χ4v) is 2.08. The molecule has 0 aliphatic rings. The number of aryl methyl sites for hydroxylation is 1. The van der Waals surface area contributed by atoms with E-state index in [1.165, 1.54) is 11.8 Å². The number of rotatable bonds is 5. The fraction of sp³-hybridized carbons (Fsp3) is 0.235. The van der Waals surface area contributed by atoms with Gasteiger partial charge in [-0.2, -0.15) is 11.8 Å². The molecule has 0 saturated heterocycles. The number of carbonyl (C=O) groups is 1. The third kappa shape index (κ3) is 4.26. The van der Waals surface area contributed by atoms with Crippen LogP contribution in [0.3, 0.4) is 0 Å². The summed E-state index contributed by atoms with van der Waals surface area (Å²) in [6, 6.07) is 15.3. The van der Waals surface area contributed by atoms with Crippen LogP contribution in [0.2, 0.25) is 0 Å². The van der Waals surface area contributed by atoms with E-state index >= 15 is 0 Å². The molecule has 110 valence electrons. The molecule has 1 amide bonds. The van der Waals surface area contributed by atoms with Crippen LogP contribution < -0.4 is 10.1 Å². The maximum atomic E-state index is 12.0. The van der Waals surface area contributed by atoms with E-state index in [9.17, 15) is 4.79 Å². The third-order valence-corrected chi connectivity index (χ3v) is 4.01. The van der Waals surface area contributed by atoms with Gasteiger partial charge in [-0.1, -0.05) is 24.3 Å². The van der Waals surface area contributed by atoms with Crippen LogP contribution in [0.15, 0.2) is 48.5 Å². The van der Waals surface area contributed by atoms with Crippen molar-refractivity contribution in [2.45, 2.75) is 19.1 Å². The highest BCUT2D eigenvalue weighted by Crippen LogP contribution is 2.30. The second-order valence-electron chi connectivity index (χ2n) is 4.78. The number of amides is 1. The lowest BCUT2D eigenvalue weighted by Crippen LogP contribution is -2.22. The summed E-state index contributed by atoms with van der Waals surface area (Å²) < 4.78 is 5.88. The number of anilines is 1. The highest BCUT2D eigenvalue weighted by atomic mass is 32.2. The number of para-hydroxylation sites is 2. The number of hydrogen-bond acceptors (Lipinski definition) is 3. The summed E-state index contributed by atoms with van der Waals surface area (Å²) in [6.07, 6.45) is 1.92. The minimum absolute atomic E-state index is 0.0252. The quantitative estimate of drug-likeness (QED) is 0.885. The van der Waals surface area contributed by atoms with Crippen molar-refractivity contribution >= 4 is 23.4 Å². The minimum atomic E-state index is -0.1000. The molecule has 2 aromatic rings. The minimum Gasteiger partial charge on any atom is -0.455 e. The smallest absolute Gasteiger partial charge is 0.237 e. The molecule has 0 aliphatic heterocycles. The molecule has 4 heteroatoms. The average molecular weight is 301 g/mol. The van der Waals surface area contributed by atoms with Crippen LogP contribution in [0.1, 0.15) is 12.5 Å². The number of carbonyl (C=O) groups excluding carboxylic acids is 1. The third-order valence-electron chi connectivity index (χ3n) is 3.09. The maximum absolute atomic E-state index is 12.0. The highest BCUT2D eigenvalue weighted by molar-refractivity contribution is 7.99. The van der Waals surface area contributed by atoms with Crippen molar-refractivity contribution in [2.75, 3.05) is 11.6 Å². The van der Waals surface area contributed by atoms with Gasteiger partial charge in [-0.3, -0.25) is 4.79 Å². The monoisotopic (exact) mass is 301 g/mol. The van der Waals surface area contributed by atoms with Crippen LogP contribution in [-0.4, -0.2) is 17.4 Å². The molecule has 1 N–H and O–H groups in total. The van der Waals surface area contributed by atoms with E-state index in [-0.39, 0.29) is 11.2 Å². The summed E-state index contributed by atoms with van der Waals surface area (Å²) in [6.45, 7) is 3.89. The zero-order chi connectivity index (χ0) is 15.2. The Hall–Kier alpha value is -1.94. The first-order chi connectivity index (χ1) is 10.1. The Kier molecular flexibility index (Phi) is 5.28. The van der Waals surface area contributed by atoms with Gasteiger partial charge >= 0.3 is 0 Å². The van der Waals surface area contributed by atoms with E-state index < -0.39 is 0 Å². The van der Waals surface area contributed by atoms with E-state index in [1.807, 2.05) is 68.6 Å². The van der Waals surface area contributed by atoms with Crippen LogP contribution in [0, 0.1) is 6.92 Å². The van der Waals surface area contributed by atoms with E-state index in [4.69, 9.17) is 4.74 Å². The molecule has 21 heavy (non-hydrogen) atoms. The van der Waals surface area contributed by atoms with Crippen molar-refractivity contribution in [3.8, 4) is 11.5 Å². The van der Waals surface area contributed by atoms with Crippen molar-refractivity contribution < 1.29 is 9.53 Å². The molecule has 0 bridgehead atoms. The first kappa shape index (κ1) is 15.4. The van der Waals surface area contributed by atoms with Crippen LogP contribution in [0.25, 0.3) is 0 Å². The van der Waals surface area contributed by atoms with Gasteiger partial charge in [-0.05, 0) is 49.9 Å². The predicted octanol–water partition coefficient (Wildman–Crippen LogP) is 4.48. The second-order valence-corrected chi connectivity index (χ2v) is 5.96. The average Bonchev–Trinajstić information content (AvgIpc) is 2.48. The number of benzene rings is 2. The normalized spacial score (nSPS) is 11.8. The van der Waals surface area contributed by atoms with Crippen LogP contribution in [0.5, 0.6) is 11.5 Å². The molecule has 0 aromatic heterocycles. The largest absolute Gasteiger partial charge is 0.455 e. The SMILES string of the molecule is CSC(C)C(=O)Nc1ccccc1Oc1cccc(C)c1.